The zero-order valence-electron chi connectivity index (χ0n) is 20.9. The van der Waals surface area contributed by atoms with Crippen molar-refractivity contribution in [3.63, 3.8) is 0 Å². The highest BCUT2D eigenvalue weighted by molar-refractivity contribution is 5.82. The van der Waals surface area contributed by atoms with Crippen LogP contribution in [0.1, 0.15) is 46.4 Å². The van der Waals surface area contributed by atoms with E-state index >= 15 is 0 Å². The predicted molar refractivity (Wildman–Crippen MR) is 129 cm³/mol. The number of nitrogen functional groups attached to an aromatic ring is 1. The summed E-state index contributed by atoms with van der Waals surface area (Å²) in [6, 6.07) is 0. The van der Waals surface area contributed by atoms with Gasteiger partial charge in [0.2, 0.25) is 5.82 Å². The lowest BCUT2D eigenvalue weighted by Gasteiger charge is -2.66. The molecule has 0 spiro atoms. The number of aromatic nitrogens is 4. The number of hydrogen-bond donors (Lipinski definition) is 6. The summed E-state index contributed by atoms with van der Waals surface area (Å²) >= 11 is 0. The molecule has 0 radical (unpaired) electrons. The molecule has 12 heteroatoms. The number of ether oxygens (including phenoxy) is 1. The first-order chi connectivity index (χ1) is 16.9. The fourth-order valence-electron chi connectivity index (χ4n) is 5.51. The van der Waals surface area contributed by atoms with E-state index < -0.39 is 35.9 Å². The maximum atomic E-state index is 12.2. The van der Waals surface area contributed by atoms with Crippen molar-refractivity contribution in [1.29, 1.82) is 0 Å². The van der Waals surface area contributed by atoms with E-state index in [2.05, 4.69) is 46.0 Å². The maximum Gasteiger partial charge on any atom is 0.252 e. The third kappa shape index (κ3) is 4.21. The van der Waals surface area contributed by atoms with Crippen molar-refractivity contribution in [2.24, 2.45) is 17.3 Å². The maximum absolute atomic E-state index is 12.2. The molecule has 0 saturated heterocycles. The number of amides is 1. The van der Waals surface area contributed by atoms with E-state index in [-0.39, 0.29) is 46.8 Å². The number of aliphatic hydroxyl groups is 4. The normalized spacial score (nSPS) is 30.1. The Kier molecular flexibility index (Phi) is 6.74. The van der Waals surface area contributed by atoms with Gasteiger partial charge in [0.1, 0.15) is 24.0 Å². The highest BCUT2D eigenvalue weighted by Crippen LogP contribution is 2.65. The van der Waals surface area contributed by atoms with Gasteiger partial charge in [-0.1, -0.05) is 19.8 Å². The Labute approximate surface area is 208 Å². The molecule has 12 nitrogen and oxygen atoms in total. The molecule has 0 aliphatic heterocycles. The third-order valence-electron chi connectivity index (χ3n) is 7.94. The lowest BCUT2D eigenvalue weighted by Crippen LogP contribution is -2.71. The Morgan fingerprint density at radius 3 is 2.69 bits per heavy atom. The number of nitrogens with two attached hydrogens (primary N) is 1. The van der Waals surface area contributed by atoms with Crippen molar-refractivity contribution in [3.8, 4) is 11.8 Å². The second kappa shape index (κ2) is 9.24. The van der Waals surface area contributed by atoms with E-state index in [1.165, 1.54) is 10.9 Å². The molecule has 3 fully saturated rings. The number of rotatable bonds is 7. The standard InChI is InChI=1S/C24H34N6O6/c1-5-26-21(33)18(14(32)10-31)36-12-30-11-27-17-19(25)28-16(29-20(17)30)6-7-24(35)9-13-8-15(22(13,2)3)23(24,4)34/h11,13-15,18,31-32,34-35H,5,8-10,12H2,1-4H3,(H,26,33)(H2,25,28,29)/t13?,14?,15?,18-,23+,24+/m0/s1. The molecule has 3 saturated carbocycles. The van der Waals surface area contributed by atoms with Crippen LogP contribution in [0.15, 0.2) is 6.33 Å². The SMILES string of the molecule is CCNC(=O)[C@@H](OCn1cnc2c(N)nc(C#C[C@@]3(O)CC4CC(C4(C)C)[C@@]3(C)O)nc21)C(O)CO. The Balaban J connectivity index is 1.60. The summed E-state index contributed by atoms with van der Waals surface area (Å²) in [5.74, 6) is 5.27. The molecule has 7 N–H and O–H groups in total. The van der Waals surface area contributed by atoms with Crippen LogP contribution in [0.4, 0.5) is 5.82 Å². The number of carbonyl (C=O) groups is 1. The average molecular weight is 503 g/mol. The Morgan fingerprint density at radius 2 is 2.08 bits per heavy atom. The van der Waals surface area contributed by atoms with Gasteiger partial charge in [-0.05, 0) is 49.9 Å². The number of nitrogens with one attached hydrogen (secondary N) is 1. The van der Waals surface area contributed by atoms with Crippen molar-refractivity contribution in [1.82, 2.24) is 24.8 Å². The molecule has 5 rings (SSSR count). The monoisotopic (exact) mass is 502 g/mol. The van der Waals surface area contributed by atoms with Gasteiger partial charge in [-0.2, -0.15) is 0 Å². The van der Waals surface area contributed by atoms with Gasteiger partial charge in [0.05, 0.1) is 12.9 Å². The van der Waals surface area contributed by atoms with E-state index in [9.17, 15) is 25.2 Å². The van der Waals surface area contributed by atoms with Gasteiger partial charge in [0.15, 0.2) is 23.2 Å². The first-order valence-corrected chi connectivity index (χ1v) is 12.0. The van der Waals surface area contributed by atoms with Crippen LogP contribution in [-0.2, 0) is 16.3 Å². The Bertz CT molecular complexity index is 1220. The molecule has 6 atom stereocenters. The highest BCUT2D eigenvalue weighted by Gasteiger charge is 2.68. The van der Waals surface area contributed by atoms with Crippen LogP contribution in [-0.4, -0.2) is 82.4 Å². The van der Waals surface area contributed by atoms with Crippen LogP contribution in [0.5, 0.6) is 0 Å². The van der Waals surface area contributed by atoms with Crippen molar-refractivity contribution < 1.29 is 30.0 Å². The lowest BCUT2D eigenvalue weighted by molar-refractivity contribution is -0.271. The van der Waals surface area contributed by atoms with Crippen LogP contribution in [0.3, 0.4) is 0 Å². The molecule has 2 aromatic rings. The van der Waals surface area contributed by atoms with Crippen LogP contribution in [0, 0.1) is 29.1 Å². The Morgan fingerprint density at radius 1 is 1.36 bits per heavy atom. The summed E-state index contributed by atoms with van der Waals surface area (Å²) in [6.07, 6.45) is -0.158. The zero-order chi connectivity index (χ0) is 26.5. The number of carbonyl (C=O) groups excluding carboxylic acids is 1. The molecule has 196 valence electrons. The number of likely N-dealkylation sites (N-methyl/N-ethyl adjacent to an activating group) is 1. The molecule has 36 heavy (non-hydrogen) atoms. The van der Waals surface area contributed by atoms with E-state index in [0.29, 0.717) is 13.0 Å². The van der Waals surface area contributed by atoms with Gasteiger partial charge < -0.3 is 36.2 Å². The summed E-state index contributed by atoms with van der Waals surface area (Å²) in [5.41, 5.74) is 3.53. The summed E-state index contributed by atoms with van der Waals surface area (Å²) in [7, 11) is 0. The number of aliphatic hydroxyl groups excluding tert-OH is 2. The van der Waals surface area contributed by atoms with Crippen molar-refractivity contribution in [2.75, 3.05) is 18.9 Å². The number of nitrogens with zero attached hydrogens (tertiary/aromatic N) is 4. The minimum absolute atomic E-state index is 0.0279. The lowest BCUT2D eigenvalue weighted by atomic mass is 9.41. The van der Waals surface area contributed by atoms with Gasteiger partial charge in [0, 0.05) is 6.54 Å². The van der Waals surface area contributed by atoms with E-state index in [1.807, 2.05) is 0 Å². The number of hydrogen-bond acceptors (Lipinski definition) is 10. The summed E-state index contributed by atoms with van der Waals surface area (Å²) in [4.78, 5) is 25.0. The van der Waals surface area contributed by atoms with Crippen LogP contribution >= 0.6 is 0 Å². The number of anilines is 1. The molecule has 1 amide bonds. The number of imidazole rings is 1. The average Bonchev–Trinajstić information content (AvgIpc) is 3.22. The van der Waals surface area contributed by atoms with Crippen molar-refractivity contribution >= 4 is 22.9 Å². The summed E-state index contributed by atoms with van der Waals surface area (Å²) in [6.45, 7) is 6.99. The fourth-order valence-corrected chi connectivity index (χ4v) is 5.51. The molecular weight excluding hydrogens is 468 g/mol. The minimum atomic E-state index is -1.62. The first-order valence-electron chi connectivity index (χ1n) is 12.0. The number of fused-ring (bicyclic) bond motifs is 3. The Hall–Kier alpha value is -2.82. The zero-order valence-corrected chi connectivity index (χ0v) is 20.9. The van der Waals surface area contributed by atoms with Gasteiger partial charge in [-0.25, -0.2) is 15.0 Å². The highest BCUT2D eigenvalue weighted by atomic mass is 16.5. The summed E-state index contributed by atoms with van der Waals surface area (Å²) in [5, 5.41) is 44.3. The van der Waals surface area contributed by atoms with Crippen LogP contribution < -0.4 is 11.1 Å². The molecule has 3 aliphatic carbocycles. The molecule has 2 heterocycles. The van der Waals surface area contributed by atoms with Crippen LogP contribution in [0.2, 0.25) is 0 Å². The predicted octanol–water partition coefficient (Wildman–Crippen LogP) is -0.860. The molecule has 3 aliphatic rings. The van der Waals surface area contributed by atoms with Crippen LogP contribution in [0.25, 0.3) is 11.2 Å². The molecular formula is C24H34N6O6. The summed E-state index contributed by atoms with van der Waals surface area (Å²) < 4.78 is 7.02. The van der Waals surface area contributed by atoms with Gasteiger partial charge in [-0.15, -0.1) is 0 Å². The van der Waals surface area contributed by atoms with E-state index in [4.69, 9.17) is 10.5 Å². The van der Waals surface area contributed by atoms with Crippen molar-refractivity contribution in [3.05, 3.63) is 12.2 Å². The third-order valence-corrected chi connectivity index (χ3v) is 7.94. The second-order valence-electron chi connectivity index (χ2n) is 10.4. The largest absolute Gasteiger partial charge is 0.394 e. The molecule has 2 aromatic heterocycles. The molecule has 2 bridgehead atoms. The van der Waals surface area contributed by atoms with E-state index in [1.54, 1.807) is 13.8 Å². The smallest absolute Gasteiger partial charge is 0.252 e. The van der Waals surface area contributed by atoms with Gasteiger partial charge in [-0.3, -0.25) is 9.36 Å². The van der Waals surface area contributed by atoms with E-state index in [0.717, 1.165) is 6.42 Å². The van der Waals surface area contributed by atoms with Crippen molar-refractivity contribution in [2.45, 2.75) is 70.7 Å². The quantitative estimate of drug-likeness (QED) is 0.260. The molecule has 3 unspecified atom stereocenters. The van der Waals surface area contributed by atoms with Gasteiger partial charge in [0.25, 0.3) is 5.91 Å². The topological polar surface area (TPSA) is 189 Å². The first kappa shape index (κ1) is 26.2. The molecule has 0 aromatic carbocycles. The minimum Gasteiger partial charge on any atom is -0.394 e. The second-order valence-corrected chi connectivity index (χ2v) is 10.4. The van der Waals surface area contributed by atoms with Gasteiger partial charge >= 0.3 is 0 Å². The fraction of sp³-hybridized carbons (Fsp3) is 0.667.